The van der Waals surface area contributed by atoms with Crippen molar-refractivity contribution in [1.29, 1.82) is 0 Å². The summed E-state index contributed by atoms with van der Waals surface area (Å²) in [5, 5.41) is 0. The highest BCUT2D eigenvalue weighted by Gasteiger charge is 2.34. The van der Waals surface area contributed by atoms with Crippen LogP contribution in [0.1, 0.15) is 38.1 Å². The van der Waals surface area contributed by atoms with Gasteiger partial charge in [0.05, 0.1) is 12.6 Å². The van der Waals surface area contributed by atoms with Crippen LogP contribution < -0.4 is 4.90 Å². The Morgan fingerprint density at radius 3 is 2.26 bits per heavy atom. The normalized spacial score (nSPS) is 19.4. The zero-order valence-corrected chi connectivity index (χ0v) is 18.6. The van der Waals surface area contributed by atoms with Crippen molar-refractivity contribution in [3.8, 4) is 0 Å². The van der Waals surface area contributed by atoms with Crippen LogP contribution in [0, 0.1) is 0 Å². The highest BCUT2D eigenvalue weighted by atomic mass is 16.6. The molecule has 0 spiro atoms. The van der Waals surface area contributed by atoms with Gasteiger partial charge in [-0.2, -0.15) is 0 Å². The Morgan fingerprint density at radius 1 is 1.06 bits per heavy atom. The van der Waals surface area contributed by atoms with Crippen LogP contribution in [-0.4, -0.2) is 85.5 Å². The first-order valence-electron chi connectivity index (χ1n) is 10.6. The molecule has 2 aliphatic rings. The van der Waals surface area contributed by atoms with Crippen LogP contribution in [0.15, 0.2) is 24.3 Å². The van der Waals surface area contributed by atoms with Gasteiger partial charge in [-0.05, 0) is 52.0 Å². The molecule has 1 aromatic rings. The third-order valence-electron chi connectivity index (χ3n) is 5.09. The highest BCUT2D eigenvalue weighted by molar-refractivity contribution is 5.96. The topological polar surface area (TPSA) is 88.6 Å². The van der Waals surface area contributed by atoms with Crippen molar-refractivity contribution in [1.82, 2.24) is 9.80 Å². The Hall–Kier alpha value is -2.81. The van der Waals surface area contributed by atoms with E-state index in [0.29, 0.717) is 50.6 Å². The first-order chi connectivity index (χ1) is 14.7. The maximum Gasteiger partial charge on any atom is 0.414 e. The van der Waals surface area contributed by atoms with Crippen molar-refractivity contribution >= 4 is 23.8 Å². The number of nitrogens with zero attached hydrogens (tertiary/aromatic N) is 3. The first kappa shape index (κ1) is 22.9. The van der Waals surface area contributed by atoms with Crippen molar-refractivity contribution < 1.29 is 28.6 Å². The van der Waals surface area contributed by atoms with Gasteiger partial charge in [-0.25, -0.2) is 9.59 Å². The number of piperazine rings is 1. The monoisotopic (exact) mass is 433 g/mol. The van der Waals surface area contributed by atoms with E-state index in [2.05, 4.69) is 0 Å². The molecule has 2 saturated heterocycles. The van der Waals surface area contributed by atoms with Crippen LogP contribution in [0.4, 0.5) is 15.3 Å². The van der Waals surface area contributed by atoms with Crippen molar-refractivity contribution in [3.05, 3.63) is 29.8 Å². The molecule has 9 nitrogen and oxygen atoms in total. The lowest BCUT2D eigenvalue weighted by Crippen LogP contribution is -2.51. The van der Waals surface area contributed by atoms with Crippen LogP contribution in [0.5, 0.6) is 0 Å². The number of rotatable bonds is 5. The lowest BCUT2D eigenvalue weighted by Gasteiger charge is -2.35. The molecule has 3 rings (SSSR count). The summed E-state index contributed by atoms with van der Waals surface area (Å²) in [7, 11) is 0. The van der Waals surface area contributed by atoms with E-state index in [-0.39, 0.29) is 24.6 Å². The van der Waals surface area contributed by atoms with Gasteiger partial charge in [0.2, 0.25) is 0 Å². The zero-order chi connectivity index (χ0) is 22.6. The predicted molar refractivity (Wildman–Crippen MR) is 114 cm³/mol. The maximum atomic E-state index is 12.9. The molecule has 2 aliphatic heterocycles. The molecule has 1 unspecified atom stereocenters. The number of amides is 3. The van der Waals surface area contributed by atoms with Crippen LogP contribution in [-0.2, 0) is 14.2 Å². The standard InChI is InChI=1S/C22H31N3O6/c1-5-29-14-18-15-30-21(28)25(18)17-8-6-16(7-9-17)19(26)23-10-12-24(13-11-23)20(27)31-22(2,3)4/h6-9,18H,5,10-15H2,1-4H3. The summed E-state index contributed by atoms with van der Waals surface area (Å²) >= 11 is 0. The summed E-state index contributed by atoms with van der Waals surface area (Å²) in [6.45, 7) is 10.4. The molecule has 0 aliphatic carbocycles. The molecular formula is C22H31N3O6. The van der Waals surface area contributed by atoms with E-state index >= 15 is 0 Å². The summed E-state index contributed by atoms with van der Waals surface area (Å²) in [5.41, 5.74) is 0.650. The largest absolute Gasteiger partial charge is 0.447 e. The molecule has 0 aromatic heterocycles. The van der Waals surface area contributed by atoms with Crippen LogP contribution in [0.3, 0.4) is 0 Å². The van der Waals surface area contributed by atoms with Crippen molar-refractivity contribution in [2.24, 2.45) is 0 Å². The third kappa shape index (κ3) is 5.66. The molecule has 1 aromatic carbocycles. The van der Waals surface area contributed by atoms with Crippen molar-refractivity contribution in [2.75, 3.05) is 50.9 Å². The Kier molecular flexibility index (Phi) is 7.04. The predicted octanol–water partition coefficient (Wildman–Crippen LogP) is 2.74. The smallest absolute Gasteiger partial charge is 0.414 e. The second-order valence-electron chi connectivity index (χ2n) is 8.57. The number of hydrogen-bond acceptors (Lipinski definition) is 6. The number of carbonyl (C=O) groups is 3. The lowest BCUT2D eigenvalue weighted by molar-refractivity contribution is 0.0141. The molecule has 3 amide bonds. The number of ether oxygens (including phenoxy) is 3. The fourth-order valence-corrected chi connectivity index (χ4v) is 3.52. The fraction of sp³-hybridized carbons (Fsp3) is 0.591. The van der Waals surface area contributed by atoms with E-state index in [9.17, 15) is 14.4 Å². The molecule has 0 saturated carbocycles. The van der Waals surface area contributed by atoms with Crippen molar-refractivity contribution in [3.63, 3.8) is 0 Å². The number of hydrogen-bond donors (Lipinski definition) is 0. The van der Waals surface area contributed by atoms with Crippen LogP contribution in [0.2, 0.25) is 0 Å². The van der Waals surface area contributed by atoms with Gasteiger partial charge in [-0.3, -0.25) is 9.69 Å². The Morgan fingerprint density at radius 2 is 1.68 bits per heavy atom. The van der Waals surface area contributed by atoms with Gasteiger partial charge in [0.1, 0.15) is 12.2 Å². The minimum atomic E-state index is -0.546. The number of carbonyl (C=O) groups excluding carboxylic acids is 3. The summed E-state index contributed by atoms with van der Waals surface area (Å²) < 4.78 is 16.0. The Labute approximate surface area is 182 Å². The van der Waals surface area contributed by atoms with E-state index in [4.69, 9.17) is 14.2 Å². The van der Waals surface area contributed by atoms with Crippen LogP contribution >= 0.6 is 0 Å². The third-order valence-corrected chi connectivity index (χ3v) is 5.09. The molecule has 0 bridgehead atoms. The van der Waals surface area contributed by atoms with Gasteiger partial charge in [-0.15, -0.1) is 0 Å². The van der Waals surface area contributed by atoms with Gasteiger partial charge in [0, 0.05) is 44.0 Å². The summed E-state index contributed by atoms with van der Waals surface area (Å²) in [6.07, 6.45) is -0.773. The highest BCUT2D eigenvalue weighted by Crippen LogP contribution is 2.24. The van der Waals surface area contributed by atoms with Crippen molar-refractivity contribution in [2.45, 2.75) is 39.3 Å². The van der Waals surface area contributed by atoms with E-state index in [1.807, 2.05) is 27.7 Å². The van der Waals surface area contributed by atoms with E-state index in [0.717, 1.165) is 0 Å². The van der Waals surface area contributed by atoms with Gasteiger partial charge in [0.25, 0.3) is 5.91 Å². The number of benzene rings is 1. The number of cyclic esters (lactones) is 1. The minimum Gasteiger partial charge on any atom is -0.447 e. The summed E-state index contributed by atoms with van der Waals surface area (Å²) in [6, 6.07) is 6.73. The van der Waals surface area contributed by atoms with E-state index in [1.165, 1.54) is 0 Å². The van der Waals surface area contributed by atoms with Gasteiger partial charge < -0.3 is 24.0 Å². The average molecular weight is 434 g/mol. The van der Waals surface area contributed by atoms with Crippen LogP contribution in [0.25, 0.3) is 0 Å². The molecule has 2 fully saturated rings. The molecule has 1 atom stereocenters. The molecule has 9 heteroatoms. The molecule has 170 valence electrons. The molecule has 0 radical (unpaired) electrons. The van der Waals surface area contributed by atoms with Gasteiger partial charge in [0.15, 0.2) is 0 Å². The molecule has 2 heterocycles. The lowest BCUT2D eigenvalue weighted by atomic mass is 10.1. The average Bonchev–Trinajstić information content (AvgIpc) is 3.11. The second-order valence-corrected chi connectivity index (χ2v) is 8.57. The zero-order valence-electron chi connectivity index (χ0n) is 18.6. The minimum absolute atomic E-state index is 0.106. The number of anilines is 1. The van der Waals surface area contributed by atoms with Gasteiger partial charge in [-0.1, -0.05) is 0 Å². The maximum absolute atomic E-state index is 12.9. The Balaban J connectivity index is 1.58. The molecule has 0 N–H and O–H groups in total. The molecule has 31 heavy (non-hydrogen) atoms. The summed E-state index contributed by atoms with van der Waals surface area (Å²) in [5.74, 6) is -0.106. The van der Waals surface area contributed by atoms with E-state index in [1.54, 1.807) is 39.0 Å². The quantitative estimate of drug-likeness (QED) is 0.710. The van der Waals surface area contributed by atoms with E-state index < -0.39 is 11.7 Å². The Bertz CT molecular complexity index is 796. The molecular weight excluding hydrogens is 402 g/mol. The fourth-order valence-electron chi connectivity index (χ4n) is 3.52. The van der Waals surface area contributed by atoms with Gasteiger partial charge >= 0.3 is 12.2 Å². The summed E-state index contributed by atoms with van der Waals surface area (Å²) in [4.78, 5) is 42.1. The first-order valence-corrected chi connectivity index (χ1v) is 10.6. The SMILES string of the molecule is CCOCC1COC(=O)N1c1ccc(C(=O)N2CCN(C(=O)OC(C)(C)C)CC2)cc1. The second kappa shape index (κ2) is 9.55.